The third-order valence-corrected chi connectivity index (χ3v) is 4.30. The molecule has 0 radical (unpaired) electrons. The van der Waals surface area contributed by atoms with E-state index in [2.05, 4.69) is 19.9 Å². The van der Waals surface area contributed by atoms with Crippen LogP contribution in [-0.2, 0) is 4.74 Å². The Hall–Kier alpha value is -1.77. The lowest BCUT2D eigenvalue weighted by molar-refractivity contribution is 0.111. The summed E-state index contributed by atoms with van der Waals surface area (Å²) in [5.74, 6) is -0.636. The molecule has 1 aliphatic rings. The molecule has 1 fully saturated rings. The van der Waals surface area contributed by atoms with Crippen molar-refractivity contribution in [2.24, 2.45) is 0 Å². The molecule has 0 spiro atoms. The normalized spacial score (nSPS) is 21.9. The van der Waals surface area contributed by atoms with E-state index in [4.69, 9.17) is 26.8 Å². The molecule has 3 heterocycles. The number of ether oxygens (including phenoxy) is 2. The maximum Gasteiger partial charge on any atom is 0.319 e. The van der Waals surface area contributed by atoms with E-state index in [0.29, 0.717) is 12.0 Å². The lowest BCUT2D eigenvalue weighted by atomic mass is 10.2. The summed E-state index contributed by atoms with van der Waals surface area (Å²) in [6.45, 7) is 1.20. The topological polar surface area (TPSA) is 86.4 Å². The van der Waals surface area contributed by atoms with Crippen LogP contribution in [0.25, 0.3) is 10.9 Å². The van der Waals surface area contributed by atoms with Crippen molar-refractivity contribution < 1.29 is 13.9 Å². The van der Waals surface area contributed by atoms with Gasteiger partial charge >= 0.3 is 6.01 Å². The molecule has 0 aromatic carbocycles. The van der Waals surface area contributed by atoms with Crippen molar-refractivity contribution in [2.75, 3.05) is 33.0 Å². The Bertz CT molecular complexity index is 732. The molecule has 0 unspecified atom stereocenters. The van der Waals surface area contributed by atoms with Crippen LogP contribution < -0.4 is 10.5 Å². The number of fused-ring (bicyclic) bond motifs is 1. The average molecular weight is 342 g/mol. The van der Waals surface area contributed by atoms with Crippen LogP contribution in [0.4, 0.5) is 10.2 Å². The van der Waals surface area contributed by atoms with Gasteiger partial charge in [0.2, 0.25) is 0 Å². The molecule has 0 bridgehead atoms. The molecule has 0 saturated carbocycles. The van der Waals surface area contributed by atoms with E-state index in [1.807, 2.05) is 7.05 Å². The van der Waals surface area contributed by atoms with Crippen molar-refractivity contribution in [1.82, 2.24) is 19.9 Å². The van der Waals surface area contributed by atoms with Crippen molar-refractivity contribution in [2.45, 2.75) is 18.6 Å². The Kier molecular flexibility index (Phi) is 4.47. The second kappa shape index (κ2) is 6.38. The van der Waals surface area contributed by atoms with Gasteiger partial charge in [-0.1, -0.05) is 11.6 Å². The number of hydrogen-bond donors (Lipinski definition) is 1. The Labute approximate surface area is 137 Å². The van der Waals surface area contributed by atoms with Gasteiger partial charge in [-0.05, 0) is 13.5 Å². The van der Waals surface area contributed by atoms with E-state index in [-0.39, 0.29) is 34.6 Å². The first-order valence-electron chi connectivity index (χ1n) is 7.12. The number of rotatable bonds is 4. The molecule has 2 N–H and O–H groups in total. The van der Waals surface area contributed by atoms with E-state index in [1.54, 1.807) is 7.11 Å². The standard InChI is InChI=1S/C14H17ClFN5O2/c1-21-5-8(22-2)3-7(21)6-23-14-19-11-9(13(17)20-14)4-18-12(15)10(11)16/h4,7-8H,3,5-6H2,1-2H3,(H2,17,19,20)/t7-,8+/m0/s1. The highest BCUT2D eigenvalue weighted by Crippen LogP contribution is 2.26. The van der Waals surface area contributed by atoms with Gasteiger partial charge in [0.05, 0.1) is 11.5 Å². The Morgan fingerprint density at radius 2 is 2.26 bits per heavy atom. The van der Waals surface area contributed by atoms with E-state index < -0.39 is 5.82 Å². The summed E-state index contributed by atoms with van der Waals surface area (Å²) in [6.07, 6.45) is 2.37. The summed E-state index contributed by atoms with van der Waals surface area (Å²) in [7, 11) is 3.68. The fraction of sp³-hybridized carbons (Fsp3) is 0.500. The fourth-order valence-corrected chi connectivity index (χ4v) is 2.80. The maximum absolute atomic E-state index is 14.0. The second-order valence-electron chi connectivity index (χ2n) is 5.51. The number of nitrogen functional groups attached to an aromatic ring is 1. The minimum absolute atomic E-state index is 0.00189. The SMILES string of the molecule is CO[C@@H]1C[C@@H](COc2nc(N)c3cnc(Cl)c(F)c3n2)N(C)C1. The van der Waals surface area contributed by atoms with Gasteiger partial charge in [0.15, 0.2) is 11.0 Å². The van der Waals surface area contributed by atoms with Crippen LogP contribution >= 0.6 is 11.6 Å². The monoisotopic (exact) mass is 341 g/mol. The molecule has 1 aliphatic heterocycles. The summed E-state index contributed by atoms with van der Waals surface area (Å²) < 4.78 is 25.0. The highest BCUT2D eigenvalue weighted by atomic mass is 35.5. The molecule has 124 valence electrons. The first-order chi connectivity index (χ1) is 11.0. The van der Waals surface area contributed by atoms with Gasteiger partial charge in [0.1, 0.15) is 17.9 Å². The molecular formula is C14H17ClFN5O2. The quantitative estimate of drug-likeness (QED) is 0.843. The number of aromatic nitrogens is 3. The van der Waals surface area contributed by atoms with Gasteiger partial charge < -0.3 is 15.2 Å². The number of pyridine rings is 1. The van der Waals surface area contributed by atoms with Gasteiger partial charge in [0, 0.05) is 25.9 Å². The van der Waals surface area contributed by atoms with Crippen LogP contribution in [0.1, 0.15) is 6.42 Å². The highest BCUT2D eigenvalue weighted by molar-refractivity contribution is 6.30. The van der Waals surface area contributed by atoms with Gasteiger partial charge in [-0.3, -0.25) is 4.90 Å². The number of nitrogens with zero attached hydrogens (tertiary/aromatic N) is 4. The minimum atomic E-state index is -0.736. The molecule has 2 aromatic heterocycles. The zero-order valence-corrected chi connectivity index (χ0v) is 13.5. The Balaban J connectivity index is 1.80. The third-order valence-electron chi connectivity index (χ3n) is 4.04. The number of likely N-dealkylation sites (N-methyl/N-ethyl adjacent to an activating group) is 1. The van der Waals surface area contributed by atoms with Crippen LogP contribution in [0, 0.1) is 5.82 Å². The van der Waals surface area contributed by atoms with Crippen LogP contribution in [0.3, 0.4) is 0 Å². The Morgan fingerprint density at radius 3 is 2.96 bits per heavy atom. The number of methoxy groups -OCH3 is 1. The average Bonchev–Trinajstić information content (AvgIpc) is 2.89. The third kappa shape index (κ3) is 3.15. The first-order valence-corrected chi connectivity index (χ1v) is 7.50. The minimum Gasteiger partial charge on any atom is -0.462 e. The summed E-state index contributed by atoms with van der Waals surface area (Å²) in [5.41, 5.74) is 5.82. The molecule has 2 aromatic rings. The molecule has 2 atom stereocenters. The smallest absolute Gasteiger partial charge is 0.319 e. The largest absolute Gasteiger partial charge is 0.462 e. The van der Waals surface area contributed by atoms with Crippen molar-refractivity contribution in [3.63, 3.8) is 0 Å². The molecule has 0 aliphatic carbocycles. The number of hydrogen-bond acceptors (Lipinski definition) is 7. The summed E-state index contributed by atoms with van der Waals surface area (Å²) in [6, 6.07) is 0.191. The molecule has 3 rings (SSSR count). The van der Waals surface area contributed by atoms with Gasteiger partial charge in [0.25, 0.3) is 0 Å². The molecule has 9 heteroatoms. The van der Waals surface area contributed by atoms with Crippen LogP contribution in [0.2, 0.25) is 5.15 Å². The highest BCUT2D eigenvalue weighted by Gasteiger charge is 2.30. The van der Waals surface area contributed by atoms with Crippen LogP contribution in [0.5, 0.6) is 6.01 Å². The predicted octanol–water partition coefficient (Wildman–Crippen LogP) is 1.50. The molecule has 0 amide bonds. The van der Waals surface area contributed by atoms with E-state index in [1.165, 1.54) is 6.20 Å². The number of anilines is 1. The van der Waals surface area contributed by atoms with Crippen molar-refractivity contribution in [3.8, 4) is 6.01 Å². The second-order valence-corrected chi connectivity index (χ2v) is 5.87. The first kappa shape index (κ1) is 16.1. The van der Waals surface area contributed by atoms with Crippen molar-refractivity contribution >= 4 is 28.3 Å². The van der Waals surface area contributed by atoms with Crippen molar-refractivity contribution in [1.29, 1.82) is 0 Å². The van der Waals surface area contributed by atoms with E-state index >= 15 is 0 Å². The number of halogens is 2. The van der Waals surface area contributed by atoms with E-state index in [9.17, 15) is 4.39 Å². The van der Waals surface area contributed by atoms with Gasteiger partial charge in [-0.2, -0.15) is 9.97 Å². The van der Waals surface area contributed by atoms with Gasteiger partial charge in [-0.25, -0.2) is 9.37 Å². The fourth-order valence-electron chi connectivity index (χ4n) is 2.67. The Morgan fingerprint density at radius 1 is 1.48 bits per heavy atom. The predicted molar refractivity (Wildman–Crippen MR) is 84.0 cm³/mol. The molecular weight excluding hydrogens is 325 g/mol. The maximum atomic E-state index is 14.0. The molecule has 23 heavy (non-hydrogen) atoms. The van der Waals surface area contributed by atoms with Crippen molar-refractivity contribution in [3.05, 3.63) is 17.2 Å². The van der Waals surface area contributed by atoms with Crippen LogP contribution in [-0.4, -0.2) is 59.3 Å². The van der Waals surface area contributed by atoms with Crippen LogP contribution in [0.15, 0.2) is 6.20 Å². The summed E-state index contributed by atoms with van der Waals surface area (Å²) in [4.78, 5) is 13.9. The van der Waals surface area contributed by atoms with E-state index in [0.717, 1.165) is 13.0 Å². The van der Waals surface area contributed by atoms with Gasteiger partial charge in [-0.15, -0.1) is 0 Å². The number of nitrogens with two attached hydrogens (primary N) is 1. The summed E-state index contributed by atoms with van der Waals surface area (Å²) in [5, 5.41) is 0.0386. The molecule has 1 saturated heterocycles. The summed E-state index contributed by atoms with van der Waals surface area (Å²) >= 11 is 5.68. The number of likely N-dealkylation sites (tertiary alicyclic amines) is 1. The zero-order valence-electron chi connectivity index (χ0n) is 12.8. The lowest BCUT2D eigenvalue weighted by Gasteiger charge is -2.18. The zero-order chi connectivity index (χ0) is 16.6. The molecule has 7 nitrogen and oxygen atoms in total. The lowest BCUT2D eigenvalue weighted by Crippen LogP contribution is -2.31.